The molecule has 0 N–H and O–H groups in total. The summed E-state index contributed by atoms with van der Waals surface area (Å²) in [6, 6.07) is 8.17. The average molecular weight is 240 g/mol. The Bertz CT molecular complexity index is 740. The molecule has 3 rings (SSSR count). The highest BCUT2D eigenvalue weighted by Crippen LogP contribution is 2.27. The predicted octanol–water partition coefficient (Wildman–Crippen LogP) is 2.57. The third-order valence-electron chi connectivity index (χ3n) is 3.20. The number of hydrogen-bond acceptors (Lipinski definition) is 3. The van der Waals surface area contributed by atoms with Gasteiger partial charge in [0.15, 0.2) is 5.82 Å². The van der Waals surface area contributed by atoms with Crippen LogP contribution in [0.5, 0.6) is 0 Å². The largest absolute Gasteiger partial charge is 0.361 e. The van der Waals surface area contributed by atoms with Gasteiger partial charge in [-0.2, -0.15) is 0 Å². The second-order valence-corrected chi connectivity index (χ2v) is 4.75. The molecule has 0 atom stereocenters. The van der Waals surface area contributed by atoms with E-state index in [1.807, 2.05) is 51.0 Å². The quantitative estimate of drug-likeness (QED) is 0.655. The van der Waals surface area contributed by atoms with Crippen LogP contribution < -0.4 is 4.90 Å². The van der Waals surface area contributed by atoms with Gasteiger partial charge in [-0.05, 0) is 26.0 Å². The van der Waals surface area contributed by atoms with Crippen molar-refractivity contribution < 1.29 is 0 Å². The van der Waals surface area contributed by atoms with E-state index in [1.165, 1.54) is 0 Å². The van der Waals surface area contributed by atoms with Crippen LogP contribution in [0.1, 0.15) is 11.5 Å². The Balaban J connectivity index is 2.61. The first-order valence-corrected chi connectivity index (χ1v) is 6.01. The van der Waals surface area contributed by atoms with Gasteiger partial charge in [-0.25, -0.2) is 9.97 Å². The van der Waals surface area contributed by atoms with E-state index in [0.29, 0.717) is 0 Å². The van der Waals surface area contributed by atoms with Gasteiger partial charge >= 0.3 is 0 Å². The minimum absolute atomic E-state index is 0.965. The molecule has 0 fully saturated rings. The first-order valence-electron chi connectivity index (χ1n) is 6.01. The number of aromatic nitrogens is 3. The lowest BCUT2D eigenvalue weighted by molar-refractivity contribution is 1.04. The molecule has 0 aliphatic carbocycles. The van der Waals surface area contributed by atoms with Gasteiger partial charge in [0, 0.05) is 14.1 Å². The number of aryl methyl sites for hydroxylation is 2. The van der Waals surface area contributed by atoms with E-state index < -0.39 is 0 Å². The Morgan fingerprint density at radius 2 is 1.78 bits per heavy atom. The summed E-state index contributed by atoms with van der Waals surface area (Å²) in [6.45, 7) is 4.07. The number of anilines is 1. The number of para-hydroxylation sites is 2. The van der Waals surface area contributed by atoms with Gasteiger partial charge < -0.3 is 4.90 Å². The Kier molecular flexibility index (Phi) is 2.26. The minimum atomic E-state index is 0.965. The average Bonchev–Trinajstić information content (AvgIpc) is 2.64. The fraction of sp³-hybridized carbons (Fsp3) is 0.286. The highest BCUT2D eigenvalue weighted by atomic mass is 15.2. The zero-order valence-corrected chi connectivity index (χ0v) is 11.1. The molecule has 0 saturated heterocycles. The van der Waals surface area contributed by atoms with E-state index in [0.717, 1.165) is 33.9 Å². The number of benzene rings is 1. The number of imidazole rings is 1. The molecule has 0 bridgehead atoms. The van der Waals surface area contributed by atoms with Crippen LogP contribution in [-0.4, -0.2) is 28.5 Å². The number of hydrogen-bond donors (Lipinski definition) is 0. The van der Waals surface area contributed by atoms with Crippen molar-refractivity contribution in [1.29, 1.82) is 0 Å². The maximum atomic E-state index is 4.74. The van der Waals surface area contributed by atoms with Crippen molar-refractivity contribution in [1.82, 2.24) is 14.4 Å². The zero-order valence-electron chi connectivity index (χ0n) is 11.1. The molecule has 4 heteroatoms. The lowest BCUT2D eigenvalue weighted by Crippen LogP contribution is -2.13. The molecule has 18 heavy (non-hydrogen) atoms. The molecule has 2 aromatic heterocycles. The monoisotopic (exact) mass is 240 g/mol. The molecular weight excluding hydrogens is 224 g/mol. The van der Waals surface area contributed by atoms with Crippen molar-refractivity contribution in [2.75, 3.05) is 19.0 Å². The van der Waals surface area contributed by atoms with Crippen molar-refractivity contribution in [3.8, 4) is 0 Å². The molecule has 0 unspecified atom stereocenters. The third-order valence-corrected chi connectivity index (χ3v) is 3.20. The van der Waals surface area contributed by atoms with Crippen LogP contribution in [0.2, 0.25) is 0 Å². The lowest BCUT2D eigenvalue weighted by Gasteiger charge is -2.15. The molecule has 4 nitrogen and oxygen atoms in total. The lowest BCUT2D eigenvalue weighted by atomic mass is 10.2. The van der Waals surface area contributed by atoms with E-state index in [4.69, 9.17) is 4.98 Å². The maximum Gasteiger partial charge on any atom is 0.155 e. The van der Waals surface area contributed by atoms with Crippen LogP contribution in [-0.2, 0) is 0 Å². The fourth-order valence-electron chi connectivity index (χ4n) is 2.45. The van der Waals surface area contributed by atoms with Gasteiger partial charge in [0.2, 0.25) is 0 Å². The Hall–Kier alpha value is -2.10. The highest BCUT2D eigenvalue weighted by Gasteiger charge is 2.15. The predicted molar refractivity (Wildman–Crippen MR) is 74.3 cm³/mol. The molecule has 92 valence electrons. The summed E-state index contributed by atoms with van der Waals surface area (Å²) < 4.78 is 2.19. The zero-order chi connectivity index (χ0) is 12.9. The molecule has 0 saturated carbocycles. The second-order valence-electron chi connectivity index (χ2n) is 4.75. The maximum absolute atomic E-state index is 4.74. The molecule has 0 aliphatic heterocycles. The first kappa shape index (κ1) is 11.0. The Morgan fingerprint density at radius 3 is 2.50 bits per heavy atom. The summed E-state index contributed by atoms with van der Waals surface area (Å²) in [5.74, 6) is 1.97. The van der Waals surface area contributed by atoms with E-state index in [-0.39, 0.29) is 0 Å². The fourth-order valence-corrected chi connectivity index (χ4v) is 2.45. The van der Waals surface area contributed by atoms with Gasteiger partial charge in [0.05, 0.1) is 16.7 Å². The SMILES string of the molecule is Cc1nc(C)n2c1c(N(C)C)nc1ccccc12. The van der Waals surface area contributed by atoms with Crippen molar-refractivity contribution in [3.05, 3.63) is 35.8 Å². The van der Waals surface area contributed by atoms with Gasteiger partial charge in [0.25, 0.3) is 0 Å². The van der Waals surface area contributed by atoms with E-state index in [1.54, 1.807) is 0 Å². The van der Waals surface area contributed by atoms with E-state index in [2.05, 4.69) is 15.5 Å². The summed E-state index contributed by atoms with van der Waals surface area (Å²) in [5.41, 5.74) is 4.22. The van der Waals surface area contributed by atoms with Crippen LogP contribution in [0.25, 0.3) is 16.6 Å². The van der Waals surface area contributed by atoms with Gasteiger partial charge in [0.1, 0.15) is 11.3 Å². The van der Waals surface area contributed by atoms with Gasteiger partial charge in [-0.1, -0.05) is 12.1 Å². The smallest absolute Gasteiger partial charge is 0.155 e. The summed E-state index contributed by atoms with van der Waals surface area (Å²) in [4.78, 5) is 11.4. The Morgan fingerprint density at radius 1 is 1.06 bits per heavy atom. The van der Waals surface area contributed by atoms with E-state index in [9.17, 15) is 0 Å². The second kappa shape index (κ2) is 3.70. The summed E-state index contributed by atoms with van der Waals surface area (Å²) in [7, 11) is 4.03. The Labute approximate surface area is 106 Å². The van der Waals surface area contributed by atoms with Gasteiger partial charge in [-0.15, -0.1) is 0 Å². The summed E-state index contributed by atoms with van der Waals surface area (Å²) in [6.07, 6.45) is 0. The number of rotatable bonds is 1. The van der Waals surface area contributed by atoms with E-state index >= 15 is 0 Å². The van der Waals surface area contributed by atoms with Crippen molar-refractivity contribution in [3.63, 3.8) is 0 Å². The van der Waals surface area contributed by atoms with Crippen LogP contribution in [0.15, 0.2) is 24.3 Å². The van der Waals surface area contributed by atoms with Crippen molar-refractivity contribution >= 4 is 22.4 Å². The summed E-state index contributed by atoms with van der Waals surface area (Å²) in [5, 5.41) is 0. The molecule has 3 aromatic rings. The number of fused-ring (bicyclic) bond motifs is 3. The molecular formula is C14H16N4. The molecule has 0 spiro atoms. The molecule has 1 aromatic carbocycles. The minimum Gasteiger partial charge on any atom is -0.361 e. The summed E-state index contributed by atoms with van der Waals surface area (Å²) >= 11 is 0. The van der Waals surface area contributed by atoms with Crippen LogP contribution in [0.4, 0.5) is 5.82 Å². The van der Waals surface area contributed by atoms with Crippen LogP contribution >= 0.6 is 0 Å². The molecule has 2 heterocycles. The first-order chi connectivity index (χ1) is 8.59. The van der Waals surface area contributed by atoms with Crippen molar-refractivity contribution in [2.45, 2.75) is 13.8 Å². The molecule has 0 radical (unpaired) electrons. The topological polar surface area (TPSA) is 33.4 Å². The molecule has 0 aliphatic rings. The number of nitrogens with zero attached hydrogens (tertiary/aromatic N) is 4. The standard InChI is InChI=1S/C14H16N4/c1-9-13-14(17(3)4)16-11-7-5-6-8-12(11)18(13)10(2)15-9/h5-8H,1-4H3. The van der Waals surface area contributed by atoms with Gasteiger partial charge in [-0.3, -0.25) is 4.40 Å². The molecule has 0 amide bonds. The highest BCUT2D eigenvalue weighted by molar-refractivity contribution is 5.86. The third kappa shape index (κ3) is 1.38. The van der Waals surface area contributed by atoms with Crippen molar-refractivity contribution in [2.24, 2.45) is 0 Å². The van der Waals surface area contributed by atoms with Crippen LogP contribution in [0.3, 0.4) is 0 Å². The van der Waals surface area contributed by atoms with Crippen LogP contribution in [0, 0.1) is 13.8 Å². The normalized spacial score (nSPS) is 11.3.